The van der Waals surface area contributed by atoms with Gasteiger partial charge >= 0.3 is 0 Å². The zero-order valence-electron chi connectivity index (χ0n) is 17.9. The predicted molar refractivity (Wildman–Crippen MR) is 103 cm³/mol. The predicted octanol–water partition coefficient (Wildman–Crippen LogP) is 2.22. The quantitative estimate of drug-likeness (QED) is 0.520. The largest absolute Gasteiger partial charge is 0.350 e. The van der Waals surface area contributed by atoms with Crippen LogP contribution >= 0.6 is 0 Å². The van der Waals surface area contributed by atoms with E-state index in [0.717, 1.165) is 61.1 Å². The van der Waals surface area contributed by atoms with Gasteiger partial charge in [0.15, 0.2) is 12.6 Å². The third kappa shape index (κ3) is 6.14. The van der Waals surface area contributed by atoms with Crippen molar-refractivity contribution in [3.05, 3.63) is 0 Å². The molecule has 2 rings (SSSR count). The van der Waals surface area contributed by atoms with E-state index in [9.17, 15) is 0 Å². The minimum absolute atomic E-state index is 0.110. The summed E-state index contributed by atoms with van der Waals surface area (Å²) in [6, 6.07) is 0. The summed E-state index contributed by atoms with van der Waals surface area (Å²) in [4.78, 5) is 0. The minimum atomic E-state index is -0.110. The van der Waals surface area contributed by atoms with Crippen molar-refractivity contribution < 1.29 is 27.9 Å². The molecule has 4 unspecified atom stereocenters. The molecule has 0 aromatic rings. The van der Waals surface area contributed by atoms with Crippen LogP contribution in [0.4, 0.5) is 0 Å². The molecule has 154 valence electrons. The molecule has 2 heterocycles. The van der Waals surface area contributed by atoms with Crippen molar-refractivity contribution in [3.8, 4) is 0 Å². The summed E-state index contributed by atoms with van der Waals surface area (Å²) in [6.07, 6.45) is 1.86. The lowest BCUT2D eigenvalue weighted by atomic mass is 10.3. The van der Waals surface area contributed by atoms with Gasteiger partial charge in [0.2, 0.25) is 0 Å². The fourth-order valence-corrected chi connectivity index (χ4v) is 3.73. The van der Waals surface area contributed by atoms with E-state index in [1.54, 1.807) is 0 Å². The Morgan fingerprint density at radius 2 is 1.00 bits per heavy atom. The molecule has 0 spiro atoms. The second-order valence-corrected chi connectivity index (χ2v) is 8.49. The van der Waals surface area contributed by atoms with E-state index in [0.29, 0.717) is 13.2 Å². The molecule has 0 N–H and O–H groups in total. The number of nitrogens with zero attached hydrogens (tertiary/aromatic N) is 2. The molecule has 0 radical (unpaired) electrons. The summed E-state index contributed by atoms with van der Waals surface area (Å²) in [6.45, 7) is 16.9. The number of rotatable bonds is 11. The summed E-state index contributed by atoms with van der Waals surface area (Å²) < 4.78 is 26.0. The lowest BCUT2D eigenvalue weighted by Gasteiger charge is -2.34. The van der Waals surface area contributed by atoms with Crippen LogP contribution in [0.5, 0.6) is 0 Å². The molecule has 2 aliphatic rings. The average molecular weight is 375 g/mol. The average Bonchev–Trinajstić information content (AvgIpc) is 3.28. The van der Waals surface area contributed by atoms with Gasteiger partial charge in [-0.25, -0.2) is 0 Å². The van der Waals surface area contributed by atoms with Gasteiger partial charge in [-0.2, -0.15) is 0 Å². The normalized spacial score (nSPS) is 30.2. The fourth-order valence-electron chi connectivity index (χ4n) is 3.73. The first-order chi connectivity index (χ1) is 12.3. The maximum Gasteiger partial charge on any atom is 0.158 e. The van der Waals surface area contributed by atoms with Crippen molar-refractivity contribution >= 4 is 0 Å². The molecule has 0 amide bonds. The van der Waals surface area contributed by atoms with Crippen molar-refractivity contribution in [2.45, 2.75) is 65.3 Å². The molecule has 0 saturated carbocycles. The maximum atomic E-state index is 6.11. The molecule has 0 aromatic heterocycles. The van der Waals surface area contributed by atoms with Crippen molar-refractivity contribution in [2.75, 3.05) is 66.6 Å². The lowest BCUT2D eigenvalue weighted by Crippen LogP contribution is -2.49. The third-order valence-corrected chi connectivity index (χ3v) is 6.61. The summed E-state index contributed by atoms with van der Waals surface area (Å²) in [5.41, 5.74) is 0. The number of hydrogen-bond acceptors (Lipinski definition) is 4. The molecular weight excluding hydrogens is 332 g/mol. The van der Waals surface area contributed by atoms with Crippen LogP contribution in [-0.4, -0.2) is 100 Å². The van der Waals surface area contributed by atoms with E-state index >= 15 is 0 Å². The van der Waals surface area contributed by atoms with E-state index in [2.05, 4.69) is 41.8 Å². The van der Waals surface area contributed by atoms with Crippen LogP contribution in [0.15, 0.2) is 0 Å². The number of ether oxygens (including phenoxy) is 4. The van der Waals surface area contributed by atoms with Crippen molar-refractivity contribution in [1.29, 1.82) is 0 Å². The Kier molecular flexibility index (Phi) is 8.32. The van der Waals surface area contributed by atoms with E-state index in [1.807, 2.05) is 0 Å². The number of likely N-dealkylation sites (N-methyl/N-ethyl adjacent to an activating group) is 2. The SMILES string of the molecule is CC[N+](C)(CC)CC1COC(CCC2OCC(C[N+](C)(CC)CC)O2)O1. The fraction of sp³-hybridized carbons (Fsp3) is 1.00. The smallest absolute Gasteiger partial charge is 0.158 e. The minimum Gasteiger partial charge on any atom is -0.350 e. The topological polar surface area (TPSA) is 36.9 Å². The Balaban J connectivity index is 1.68. The number of hydrogen-bond donors (Lipinski definition) is 0. The van der Waals surface area contributed by atoms with Crippen molar-refractivity contribution in [2.24, 2.45) is 0 Å². The van der Waals surface area contributed by atoms with Gasteiger partial charge in [0, 0.05) is 12.8 Å². The van der Waals surface area contributed by atoms with Gasteiger partial charge in [0.05, 0.1) is 53.5 Å². The van der Waals surface area contributed by atoms with E-state index in [-0.39, 0.29) is 24.8 Å². The molecule has 4 atom stereocenters. The van der Waals surface area contributed by atoms with Gasteiger partial charge in [-0.15, -0.1) is 0 Å². The van der Waals surface area contributed by atoms with E-state index < -0.39 is 0 Å². The highest BCUT2D eigenvalue weighted by Gasteiger charge is 2.35. The van der Waals surface area contributed by atoms with Crippen LogP contribution in [0.3, 0.4) is 0 Å². The summed E-state index contributed by atoms with van der Waals surface area (Å²) in [5.74, 6) is 0. The van der Waals surface area contributed by atoms with E-state index in [4.69, 9.17) is 18.9 Å². The van der Waals surface area contributed by atoms with Crippen LogP contribution < -0.4 is 0 Å². The Bertz CT molecular complexity index is 375. The molecule has 0 aromatic carbocycles. The monoisotopic (exact) mass is 374 g/mol. The molecule has 6 nitrogen and oxygen atoms in total. The Hall–Kier alpha value is -0.240. The highest BCUT2D eigenvalue weighted by atomic mass is 16.7. The van der Waals surface area contributed by atoms with Crippen LogP contribution in [-0.2, 0) is 18.9 Å². The second kappa shape index (κ2) is 9.80. The first-order valence-corrected chi connectivity index (χ1v) is 10.6. The van der Waals surface area contributed by atoms with Crippen LogP contribution in [0.2, 0.25) is 0 Å². The summed E-state index contributed by atoms with van der Waals surface area (Å²) in [7, 11) is 4.58. The third-order valence-electron chi connectivity index (χ3n) is 6.61. The Morgan fingerprint density at radius 3 is 1.31 bits per heavy atom. The molecule has 2 aliphatic heterocycles. The molecular formula is C20H42N2O4+2. The zero-order valence-corrected chi connectivity index (χ0v) is 17.9. The van der Waals surface area contributed by atoms with Crippen molar-refractivity contribution in [1.82, 2.24) is 0 Å². The zero-order chi connectivity index (χ0) is 19.2. The summed E-state index contributed by atoms with van der Waals surface area (Å²) >= 11 is 0. The molecule has 2 fully saturated rings. The first kappa shape index (κ1) is 22.1. The van der Waals surface area contributed by atoms with E-state index in [1.165, 1.54) is 0 Å². The molecule has 0 bridgehead atoms. The standard InChI is InChI=1S/C20H42N2O4/c1-7-21(5,8-2)13-17-15-23-19(25-17)11-12-20-24-16-18(26-20)14-22(6,9-3)10-4/h17-20H,7-16H2,1-6H3/q+2. The maximum absolute atomic E-state index is 6.11. The highest BCUT2D eigenvalue weighted by Crippen LogP contribution is 2.24. The molecule has 0 aliphatic carbocycles. The van der Waals surface area contributed by atoms with Crippen LogP contribution in [0.1, 0.15) is 40.5 Å². The van der Waals surface area contributed by atoms with Gasteiger partial charge in [0.25, 0.3) is 0 Å². The van der Waals surface area contributed by atoms with Gasteiger partial charge in [-0.1, -0.05) is 0 Å². The summed E-state index contributed by atoms with van der Waals surface area (Å²) in [5, 5.41) is 0. The first-order valence-electron chi connectivity index (χ1n) is 10.6. The second-order valence-electron chi connectivity index (χ2n) is 8.49. The van der Waals surface area contributed by atoms with Crippen LogP contribution in [0, 0.1) is 0 Å². The highest BCUT2D eigenvalue weighted by molar-refractivity contribution is 4.69. The number of quaternary nitrogens is 2. The van der Waals surface area contributed by atoms with Gasteiger partial charge in [-0.05, 0) is 27.7 Å². The van der Waals surface area contributed by atoms with Gasteiger partial charge in [-0.3, -0.25) is 0 Å². The lowest BCUT2D eigenvalue weighted by molar-refractivity contribution is -0.908. The molecule has 6 heteroatoms. The van der Waals surface area contributed by atoms with Crippen LogP contribution in [0.25, 0.3) is 0 Å². The van der Waals surface area contributed by atoms with Crippen molar-refractivity contribution in [3.63, 3.8) is 0 Å². The molecule has 2 saturated heterocycles. The Morgan fingerprint density at radius 1 is 0.654 bits per heavy atom. The van der Waals surface area contributed by atoms with Gasteiger partial charge < -0.3 is 27.9 Å². The van der Waals surface area contributed by atoms with Gasteiger partial charge in [0.1, 0.15) is 25.3 Å². The Labute approximate surface area is 160 Å². The molecule has 26 heavy (non-hydrogen) atoms.